The van der Waals surface area contributed by atoms with Gasteiger partial charge in [-0.3, -0.25) is 9.59 Å². The Morgan fingerprint density at radius 3 is 2.70 bits per heavy atom. The molecule has 1 aromatic rings. The standard InChI is InChI=1S/C15H21N2O2S/c1-2-6-14(16)15(19)17-13(9-18)11-20-10-12-7-4-3-5-8-12/h3-5,7-8,13-14H,2,6,10-11,16H2,1H3,(H,17,19)/t13-,14+/m1/s1. The predicted octanol–water partition coefficient (Wildman–Crippen LogP) is 1.64. The molecular formula is C15H21N2O2S. The van der Waals surface area contributed by atoms with Crippen molar-refractivity contribution in [3.63, 3.8) is 0 Å². The first kappa shape index (κ1) is 16.7. The molecule has 1 aromatic carbocycles. The molecule has 1 rings (SSSR count). The van der Waals surface area contributed by atoms with E-state index in [9.17, 15) is 9.59 Å². The van der Waals surface area contributed by atoms with E-state index in [4.69, 9.17) is 5.73 Å². The van der Waals surface area contributed by atoms with Crippen molar-refractivity contribution in [2.75, 3.05) is 5.75 Å². The zero-order valence-corrected chi connectivity index (χ0v) is 12.5. The average Bonchev–Trinajstić information content (AvgIpc) is 2.47. The van der Waals surface area contributed by atoms with E-state index in [-0.39, 0.29) is 5.91 Å². The lowest BCUT2D eigenvalue weighted by Gasteiger charge is -2.15. The second-order valence-corrected chi connectivity index (χ2v) is 5.61. The molecule has 5 heteroatoms. The van der Waals surface area contributed by atoms with Crippen LogP contribution in [0, 0.1) is 0 Å². The van der Waals surface area contributed by atoms with E-state index in [0.717, 1.165) is 12.2 Å². The molecular weight excluding hydrogens is 272 g/mol. The van der Waals surface area contributed by atoms with Crippen molar-refractivity contribution in [2.24, 2.45) is 5.73 Å². The van der Waals surface area contributed by atoms with Gasteiger partial charge in [0.1, 0.15) is 6.04 Å². The van der Waals surface area contributed by atoms with Crippen LogP contribution in [-0.2, 0) is 15.3 Å². The normalized spacial score (nSPS) is 13.5. The second kappa shape index (κ2) is 9.55. The Bertz CT molecular complexity index is 412. The van der Waals surface area contributed by atoms with Crippen LogP contribution in [0.3, 0.4) is 0 Å². The maximum Gasteiger partial charge on any atom is 0.237 e. The smallest absolute Gasteiger partial charge is 0.237 e. The molecule has 0 bridgehead atoms. The molecule has 3 N–H and O–H groups in total. The summed E-state index contributed by atoms with van der Waals surface area (Å²) >= 11 is 1.59. The van der Waals surface area contributed by atoms with Crippen LogP contribution in [0.5, 0.6) is 0 Å². The number of hydrogen-bond acceptors (Lipinski definition) is 4. The van der Waals surface area contributed by atoms with E-state index in [1.165, 1.54) is 5.56 Å². The molecule has 0 aromatic heterocycles. The third-order valence-electron chi connectivity index (χ3n) is 2.79. The fourth-order valence-electron chi connectivity index (χ4n) is 1.69. The summed E-state index contributed by atoms with van der Waals surface area (Å²) in [5.74, 6) is 1.03. The van der Waals surface area contributed by atoms with Gasteiger partial charge in [-0.05, 0) is 12.0 Å². The molecule has 0 unspecified atom stereocenters. The lowest BCUT2D eigenvalue weighted by molar-refractivity contribution is -0.122. The van der Waals surface area contributed by atoms with Gasteiger partial charge in [0.15, 0.2) is 0 Å². The lowest BCUT2D eigenvalue weighted by atomic mass is 10.1. The van der Waals surface area contributed by atoms with Crippen LogP contribution in [0.4, 0.5) is 0 Å². The first-order chi connectivity index (χ1) is 9.67. The molecule has 0 saturated heterocycles. The van der Waals surface area contributed by atoms with Gasteiger partial charge in [0, 0.05) is 11.5 Å². The lowest BCUT2D eigenvalue weighted by Crippen LogP contribution is -2.46. The van der Waals surface area contributed by atoms with Crippen molar-refractivity contribution in [1.82, 2.24) is 5.32 Å². The van der Waals surface area contributed by atoms with Gasteiger partial charge in [0.2, 0.25) is 12.2 Å². The quantitative estimate of drug-likeness (QED) is 0.726. The Morgan fingerprint density at radius 1 is 1.40 bits per heavy atom. The third kappa shape index (κ3) is 6.21. The number of nitrogens with two attached hydrogens (primary N) is 1. The maximum absolute atomic E-state index is 11.7. The number of rotatable bonds is 9. The van der Waals surface area contributed by atoms with Crippen LogP contribution in [-0.4, -0.2) is 30.0 Å². The minimum atomic E-state index is -0.598. The zero-order valence-electron chi connectivity index (χ0n) is 11.7. The van der Waals surface area contributed by atoms with E-state index in [1.807, 2.05) is 43.5 Å². The molecule has 0 aliphatic carbocycles. The minimum absolute atomic E-state index is 0.277. The van der Waals surface area contributed by atoms with Gasteiger partial charge in [-0.1, -0.05) is 43.7 Å². The fraction of sp³-hybridized carbons (Fsp3) is 0.467. The average molecular weight is 293 g/mol. The monoisotopic (exact) mass is 293 g/mol. The van der Waals surface area contributed by atoms with E-state index in [1.54, 1.807) is 11.8 Å². The van der Waals surface area contributed by atoms with Gasteiger partial charge in [-0.2, -0.15) is 11.8 Å². The molecule has 0 aliphatic rings. The zero-order chi connectivity index (χ0) is 14.8. The second-order valence-electron chi connectivity index (χ2n) is 4.57. The van der Waals surface area contributed by atoms with E-state index < -0.39 is 12.1 Å². The van der Waals surface area contributed by atoms with Crippen molar-refractivity contribution in [3.05, 3.63) is 35.9 Å². The Balaban J connectivity index is 2.32. The number of amides is 1. The van der Waals surface area contributed by atoms with Crippen LogP contribution in [0.2, 0.25) is 0 Å². The Hall–Kier alpha value is -1.33. The van der Waals surface area contributed by atoms with Crippen LogP contribution < -0.4 is 11.1 Å². The highest BCUT2D eigenvalue weighted by Gasteiger charge is 2.17. The molecule has 1 amide bonds. The minimum Gasteiger partial charge on any atom is -0.344 e. The first-order valence-electron chi connectivity index (χ1n) is 6.72. The van der Waals surface area contributed by atoms with Gasteiger partial charge < -0.3 is 11.1 Å². The summed E-state index contributed by atoms with van der Waals surface area (Å²) in [7, 11) is 0. The number of nitrogens with one attached hydrogen (secondary N) is 1. The summed E-state index contributed by atoms with van der Waals surface area (Å²) in [5.41, 5.74) is 6.89. The Kier molecular flexibility index (Phi) is 7.99. The summed E-state index contributed by atoms with van der Waals surface area (Å²) < 4.78 is 0. The van der Waals surface area contributed by atoms with E-state index in [0.29, 0.717) is 12.2 Å². The van der Waals surface area contributed by atoms with Crippen molar-refractivity contribution in [3.8, 4) is 0 Å². The largest absolute Gasteiger partial charge is 0.344 e. The van der Waals surface area contributed by atoms with Gasteiger partial charge in [-0.15, -0.1) is 0 Å². The van der Waals surface area contributed by atoms with Gasteiger partial charge >= 0.3 is 0 Å². The van der Waals surface area contributed by atoms with Crippen molar-refractivity contribution >= 4 is 24.0 Å². The first-order valence-corrected chi connectivity index (χ1v) is 7.88. The number of carbonyl (C=O) groups excluding carboxylic acids is 2. The summed E-state index contributed by atoms with van der Waals surface area (Å²) in [6.45, 7) is 1.96. The topological polar surface area (TPSA) is 72.2 Å². The highest BCUT2D eigenvalue weighted by atomic mass is 32.2. The highest BCUT2D eigenvalue weighted by Crippen LogP contribution is 2.12. The van der Waals surface area contributed by atoms with Crippen molar-refractivity contribution in [2.45, 2.75) is 37.6 Å². The molecule has 2 atom stereocenters. The molecule has 0 heterocycles. The molecule has 0 aliphatic heterocycles. The van der Waals surface area contributed by atoms with E-state index >= 15 is 0 Å². The SMILES string of the molecule is CCC[C@H](N)C(=O)N[C@H]([C]=O)CSCc1ccccc1. The van der Waals surface area contributed by atoms with Crippen molar-refractivity contribution < 1.29 is 9.59 Å². The molecule has 0 saturated carbocycles. The summed E-state index contributed by atoms with van der Waals surface area (Å²) in [6.07, 6.45) is 3.32. The van der Waals surface area contributed by atoms with Crippen LogP contribution in [0.15, 0.2) is 30.3 Å². The number of thioether (sulfide) groups is 1. The summed E-state index contributed by atoms with van der Waals surface area (Å²) in [5, 5.41) is 2.63. The molecule has 1 radical (unpaired) electrons. The highest BCUT2D eigenvalue weighted by molar-refractivity contribution is 7.98. The van der Waals surface area contributed by atoms with Crippen LogP contribution in [0.25, 0.3) is 0 Å². The van der Waals surface area contributed by atoms with Gasteiger partial charge in [0.05, 0.1) is 6.04 Å². The third-order valence-corrected chi connectivity index (χ3v) is 3.90. The van der Waals surface area contributed by atoms with Gasteiger partial charge in [0.25, 0.3) is 0 Å². The van der Waals surface area contributed by atoms with E-state index in [2.05, 4.69) is 5.32 Å². The van der Waals surface area contributed by atoms with Crippen LogP contribution >= 0.6 is 11.8 Å². The molecule has 0 spiro atoms. The van der Waals surface area contributed by atoms with Crippen LogP contribution in [0.1, 0.15) is 25.3 Å². The Labute approximate surface area is 124 Å². The molecule has 4 nitrogen and oxygen atoms in total. The Morgan fingerprint density at radius 2 is 2.10 bits per heavy atom. The molecule has 0 fully saturated rings. The summed E-state index contributed by atoms with van der Waals surface area (Å²) in [4.78, 5) is 22.6. The number of hydrogen-bond donors (Lipinski definition) is 2. The number of carbonyl (C=O) groups is 1. The fourth-order valence-corrected chi connectivity index (χ4v) is 2.63. The van der Waals surface area contributed by atoms with Crippen molar-refractivity contribution in [1.29, 1.82) is 0 Å². The van der Waals surface area contributed by atoms with Gasteiger partial charge in [-0.25, -0.2) is 0 Å². The maximum atomic E-state index is 11.7. The molecule has 109 valence electrons. The summed E-state index contributed by atoms with van der Waals surface area (Å²) in [6, 6.07) is 8.83. The molecule has 20 heavy (non-hydrogen) atoms. The predicted molar refractivity (Wildman–Crippen MR) is 83.1 cm³/mol. The number of benzene rings is 1.